The summed E-state index contributed by atoms with van der Waals surface area (Å²) >= 11 is 0. The van der Waals surface area contributed by atoms with E-state index < -0.39 is 17.6 Å². The van der Waals surface area contributed by atoms with Gasteiger partial charge in [-0.2, -0.15) is 0 Å². The molecule has 2 aromatic rings. The van der Waals surface area contributed by atoms with Crippen molar-refractivity contribution in [3.8, 4) is 0 Å². The van der Waals surface area contributed by atoms with Crippen molar-refractivity contribution in [2.75, 3.05) is 6.54 Å². The zero-order valence-electron chi connectivity index (χ0n) is 18.8. The minimum absolute atomic E-state index is 0.0258. The van der Waals surface area contributed by atoms with E-state index in [1.54, 1.807) is 4.90 Å². The fraction of sp³-hybridized carbons (Fsp3) is 0.542. The van der Waals surface area contributed by atoms with Crippen molar-refractivity contribution in [2.45, 2.75) is 71.1 Å². The average Bonchev–Trinajstić information content (AvgIpc) is 3.41. The molecule has 1 aromatic heterocycles. The van der Waals surface area contributed by atoms with Gasteiger partial charge < -0.3 is 19.4 Å². The molecule has 3 heterocycles. The Hall–Kier alpha value is -2.67. The van der Waals surface area contributed by atoms with Crippen LogP contribution in [-0.4, -0.2) is 45.5 Å². The second-order valence-electron chi connectivity index (χ2n) is 9.44. The Morgan fingerprint density at radius 3 is 2.58 bits per heavy atom. The number of hydrogen-bond acceptors (Lipinski definition) is 6. The summed E-state index contributed by atoms with van der Waals surface area (Å²) in [7, 11) is 0. The van der Waals surface area contributed by atoms with Gasteiger partial charge in [-0.1, -0.05) is 54.0 Å². The quantitative estimate of drug-likeness (QED) is 0.789. The van der Waals surface area contributed by atoms with E-state index in [0.29, 0.717) is 18.6 Å². The molecule has 31 heavy (non-hydrogen) atoms. The molecule has 1 saturated heterocycles. The number of aliphatic hydroxyl groups is 1. The van der Waals surface area contributed by atoms with E-state index in [-0.39, 0.29) is 24.4 Å². The SMILES string of the molecule is Cc1ccc(C2(C)CC(C3CC(O)CN3C(=O)C(c3cc(C)no3)C(C)C)=NO2)cc1. The topological polar surface area (TPSA) is 88.2 Å². The lowest BCUT2D eigenvalue weighted by atomic mass is 9.87. The monoisotopic (exact) mass is 425 g/mol. The molecule has 2 aliphatic rings. The van der Waals surface area contributed by atoms with Gasteiger partial charge in [0.15, 0.2) is 5.60 Å². The average molecular weight is 426 g/mol. The molecule has 0 saturated carbocycles. The van der Waals surface area contributed by atoms with Crippen LogP contribution in [0.1, 0.15) is 62.1 Å². The van der Waals surface area contributed by atoms with Crippen molar-refractivity contribution < 1.29 is 19.3 Å². The Bertz CT molecular complexity index is 981. The first-order valence-corrected chi connectivity index (χ1v) is 10.9. The number of benzene rings is 1. The third kappa shape index (κ3) is 4.11. The summed E-state index contributed by atoms with van der Waals surface area (Å²) in [6, 6.07) is 9.75. The van der Waals surface area contributed by atoms with Gasteiger partial charge in [-0.3, -0.25) is 4.79 Å². The molecule has 2 aliphatic heterocycles. The Balaban J connectivity index is 1.57. The first kappa shape index (κ1) is 21.6. The van der Waals surface area contributed by atoms with Gasteiger partial charge in [0.05, 0.1) is 23.6 Å². The van der Waals surface area contributed by atoms with Crippen LogP contribution in [0, 0.1) is 19.8 Å². The lowest BCUT2D eigenvalue weighted by molar-refractivity contribution is -0.134. The first-order chi connectivity index (χ1) is 14.7. The number of oxime groups is 1. The van der Waals surface area contributed by atoms with Crippen molar-refractivity contribution in [3.63, 3.8) is 0 Å². The van der Waals surface area contributed by atoms with E-state index in [1.807, 2.05) is 40.7 Å². The van der Waals surface area contributed by atoms with E-state index in [9.17, 15) is 9.90 Å². The molecule has 0 bridgehead atoms. The molecule has 0 aliphatic carbocycles. The standard InChI is InChI=1S/C24H31N3O4/c1-14(2)22(21-10-16(4)25-30-21)23(29)27-13-18(28)11-20(27)19-12-24(5,31-26-19)17-8-6-15(3)7-9-17/h6-10,14,18,20,22,28H,11-13H2,1-5H3. The minimum atomic E-state index is -0.591. The molecule has 166 valence electrons. The molecule has 1 aromatic carbocycles. The number of likely N-dealkylation sites (tertiary alicyclic amines) is 1. The van der Waals surface area contributed by atoms with Crippen LogP contribution in [-0.2, 0) is 15.2 Å². The molecule has 0 radical (unpaired) electrons. The van der Waals surface area contributed by atoms with Gasteiger partial charge in [-0.25, -0.2) is 0 Å². The number of carbonyl (C=O) groups is 1. The Kier molecular flexibility index (Phi) is 5.64. The molecule has 4 atom stereocenters. The van der Waals surface area contributed by atoms with Gasteiger partial charge >= 0.3 is 0 Å². The number of hydrogen-bond donors (Lipinski definition) is 1. The maximum Gasteiger partial charge on any atom is 0.234 e. The van der Waals surface area contributed by atoms with E-state index >= 15 is 0 Å². The minimum Gasteiger partial charge on any atom is -0.391 e. The predicted molar refractivity (Wildman–Crippen MR) is 117 cm³/mol. The van der Waals surface area contributed by atoms with Gasteiger partial charge in [0.2, 0.25) is 5.91 Å². The van der Waals surface area contributed by atoms with Crippen LogP contribution in [0.25, 0.3) is 0 Å². The zero-order valence-corrected chi connectivity index (χ0v) is 18.8. The zero-order chi connectivity index (χ0) is 22.3. The Labute approximate surface area is 183 Å². The van der Waals surface area contributed by atoms with Crippen molar-refractivity contribution >= 4 is 11.6 Å². The maximum absolute atomic E-state index is 13.6. The van der Waals surface area contributed by atoms with Crippen LogP contribution >= 0.6 is 0 Å². The second kappa shape index (κ2) is 8.11. The molecule has 7 nitrogen and oxygen atoms in total. The van der Waals surface area contributed by atoms with E-state index in [1.165, 1.54) is 5.56 Å². The number of aliphatic hydroxyl groups excluding tert-OH is 1. The highest BCUT2D eigenvalue weighted by molar-refractivity contribution is 5.96. The molecular formula is C24H31N3O4. The summed E-state index contributed by atoms with van der Waals surface area (Å²) in [6.07, 6.45) is 0.440. The molecule has 1 amide bonds. The van der Waals surface area contributed by atoms with Gasteiger partial charge in [0.25, 0.3) is 0 Å². The fourth-order valence-electron chi connectivity index (χ4n) is 4.63. The van der Waals surface area contributed by atoms with Crippen molar-refractivity contribution in [1.29, 1.82) is 0 Å². The number of β-amino-alcohol motifs (C(OH)–C–C–N with tert-alkyl or cyclic N) is 1. The first-order valence-electron chi connectivity index (χ1n) is 10.9. The molecule has 4 rings (SSSR count). The van der Waals surface area contributed by atoms with E-state index in [0.717, 1.165) is 17.0 Å². The summed E-state index contributed by atoms with van der Waals surface area (Å²) in [6.45, 7) is 10.2. The van der Waals surface area contributed by atoms with Gasteiger partial charge in [0, 0.05) is 25.5 Å². The lowest BCUT2D eigenvalue weighted by Crippen LogP contribution is -2.44. The van der Waals surface area contributed by atoms with Gasteiger partial charge in [-0.05, 0) is 32.3 Å². The van der Waals surface area contributed by atoms with Crippen molar-refractivity contribution in [1.82, 2.24) is 10.1 Å². The number of aromatic nitrogens is 1. The summed E-state index contributed by atoms with van der Waals surface area (Å²) < 4.78 is 5.44. The number of nitrogens with zero attached hydrogens (tertiary/aromatic N) is 3. The number of aryl methyl sites for hydroxylation is 2. The van der Waals surface area contributed by atoms with Crippen LogP contribution in [0.5, 0.6) is 0 Å². The highest BCUT2D eigenvalue weighted by Crippen LogP contribution is 2.39. The van der Waals surface area contributed by atoms with Crippen LogP contribution in [0.2, 0.25) is 0 Å². The summed E-state index contributed by atoms with van der Waals surface area (Å²) in [5, 5.41) is 18.8. The Morgan fingerprint density at radius 2 is 1.97 bits per heavy atom. The molecule has 7 heteroatoms. The second-order valence-corrected chi connectivity index (χ2v) is 9.44. The summed E-state index contributed by atoms with van der Waals surface area (Å²) in [5.74, 6) is 0.0596. The molecule has 1 N–H and O–H groups in total. The summed E-state index contributed by atoms with van der Waals surface area (Å²) in [4.78, 5) is 21.2. The normalized spacial score (nSPS) is 26.8. The third-order valence-electron chi connectivity index (χ3n) is 6.38. The highest BCUT2D eigenvalue weighted by Gasteiger charge is 2.46. The van der Waals surface area contributed by atoms with E-state index in [4.69, 9.17) is 9.36 Å². The lowest BCUT2D eigenvalue weighted by Gasteiger charge is -2.29. The smallest absolute Gasteiger partial charge is 0.234 e. The molecule has 0 spiro atoms. The fourth-order valence-corrected chi connectivity index (χ4v) is 4.63. The van der Waals surface area contributed by atoms with Crippen LogP contribution in [0.15, 0.2) is 40.0 Å². The molecular weight excluding hydrogens is 394 g/mol. The van der Waals surface area contributed by atoms with Crippen LogP contribution in [0.4, 0.5) is 0 Å². The number of rotatable bonds is 5. The van der Waals surface area contributed by atoms with Crippen molar-refractivity contribution in [3.05, 3.63) is 52.9 Å². The predicted octanol–water partition coefficient (Wildman–Crippen LogP) is 3.68. The van der Waals surface area contributed by atoms with E-state index in [2.05, 4.69) is 34.6 Å². The largest absolute Gasteiger partial charge is 0.391 e. The van der Waals surface area contributed by atoms with Gasteiger partial charge in [-0.15, -0.1) is 0 Å². The summed E-state index contributed by atoms with van der Waals surface area (Å²) in [5.41, 5.74) is 3.19. The van der Waals surface area contributed by atoms with Crippen LogP contribution in [0.3, 0.4) is 0 Å². The molecule has 4 unspecified atom stereocenters. The number of amides is 1. The van der Waals surface area contributed by atoms with Crippen LogP contribution < -0.4 is 0 Å². The number of carbonyl (C=O) groups excluding carboxylic acids is 1. The molecule has 1 fully saturated rings. The van der Waals surface area contributed by atoms with Gasteiger partial charge in [0.1, 0.15) is 11.7 Å². The third-order valence-corrected chi connectivity index (χ3v) is 6.38. The highest BCUT2D eigenvalue weighted by atomic mass is 16.7. The maximum atomic E-state index is 13.6. The Morgan fingerprint density at radius 1 is 1.26 bits per heavy atom. The van der Waals surface area contributed by atoms with Crippen molar-refractivity contribution in [2.24, 2.45) is 11.1 Å².